The van der Waals surface area contributed by atoms with E-state index in [4.69, 9.17) is 4.74 Å². The lowest BCUT2D eigenvalue weighted by molar-refractivity contribution is -0.178. The Morgan fingerprint density at radius 1 is 1.07 bits per heavy atom. The van der Waals surface area contributed by atoms with Crippen LogP contribution in [0.1, 0.15) is 91.5 Å². The second-order valence-corrected chi connectivity index (χ2v) is 15.3. The van der Waals surface area contributed by atoms with Crippen LogP contribution in [0.15, 0.2) is 48.1 Å². The number of benzene rings is 1. The number of allylic oxidation sites excluding steroid dienone is 1. The summed E-state index contributed by atoms with van der Waals surface area (Å²) in [7, 11) is 0. The normalized spacial score (nSPS) is 39.1. The van der Waals surface area contributed by atoms with Gasteiger partial charge in [0.05, 0.1) is 29.5 Å². The predicted molar refractivity (Wildman–Crippen MR) is 166 cm³/mol. The molecule has 1 aromatic carbocycles. The van der Waals surface area contributed by atoms with Gasteiger partial charge in [-0.1, -0.05) is 44.2 Å². The van der Waals surface area contributed by atoms with Crippen LogP contribution in [0, 0.1) is 28.6 Å². The zero-order chi connectivity index (χ0) is 32.3. The van der Waals surface area contributed by atoms with Crippen molar-refractivity contribution in [1.82, 2.24) is 0 Å². The Kier molecular flexibility index (Phi) is 8.60. The quantitative estimate of drug-likeness (QED) is 0.218. The standard InChI is InChI=1S/C36H50O8/c1-32(2,44-31(41)12-11-22-9-7-6-8-10-22)16-15-30(40)35(5,42)29-14-18-36(43)24-19-26(37)25-20-27(38)28(39)21-33(25,3)23(24)13-17-34(29,36)4/h6-12,19,23,25,27-30,38-40,42-43H,13-18,20-21H2,1-5H3. The van der Waals surface area contributed by atoms with Crippen LogP contribution in [0.4, 0.5) is 0 Å². The highest BCUT2D eigenvalue weighted by Crippen LogP contribution is 2.68. The van der Waals surface area contributed by atoms with Crippen LogP contribution in [-0.2, 0) is 14.3 Å². The van der Waals surface area contributed by atoms with Crippen LogP contribution in [-0.4, -0.2) is 72.4 Å². The van der Waals surface area contributed by atoms with Crippen molar-refractivity contribution in [1.29, 1.82) is 0 Å². The van der Waals surface area contributed by atoms with Gasteiger partial charge in [0, 0.05) is 17.4 Å². The van der Waals surface area contributed by atoms with Gasteiger partial charge in [-0.05, 0) is 113 Å². The lowest BCUT2D eigenvalue weighted by atomic mass is 9.45. The predicted octanol–water partition coefficient (Wildman–Crippen LogP) is 4.12. The van der Waals surface area contributed by atoms with E-state index in [0.29, 0.717) is 44.1 Å². The van der Waals surface area contributed by atoms with Crippen LogP contribution in [0.25, 0.3) is 6.08 Å². The molecule has 3 saturated carbocycles. The van der Waals surface area contributed by atoms with Gasteiger partial charge in [-0.25, -0.2) is 4.79 Å². The van der Waals surface area contributed by atoms with Gasteiger partial charge in [-0.2, -0.15) is 0 Å². The number of fused-ring (bicyclic) bond motifs is 5. The molecular weight excluding hydrogens is 560 g/mol. The summed E-state index contributed by atoms with van der Waals surface area (Å²) in [4.78, 5) is 25.9. The van der Waals surface area contributed by atoms with E-state index in [9.17, 15) is 35.1 Å². The smallest absolute Gasteiger partial charge is 0.331 e. The summed E-state index contributed by atoms with van der Waals surface area (Å²) in [5.74, 6) is -1.58. The van der Waals surface area contributed by atoms with Gasteiger partial charge in [0.25, 0.3) is 0 Å². The van der Waals surface area contributed by atoms with E-state index in [-0.39, 0.29) is 24.5 Å². The van der Waals surface area contributed by atoms with Gasteiger partial charge in [-0.3, -0.25) is 4.79 Å². The van der Waals surface area contributed by atoms with E-state index in [1.54, 1.807) is 32.9 Å². The van der Waals surface area contributed by atoms with Crippen molar-refractivity contribution in [3.63, 3.8) is 0 Å². The van der Waals surface area contributed by atoms with Gasteiger partial charge in [0.1, 0.15) is 5.60 Å². The molecule has 0 bridgehead atoms. The number of aliphatic hydroxyl groups is 5. The average Bonchev–Trinajstić information content (AvgIpc) is 3.24. The Morgan fingerprint density at radius 3 is 2.43 bits per heavy atom. The molecule has 4 aliphatic carbocycles. The molecule has 0 spiro atoms. The molecule has 8 heteroatoms. The lowest BCUT2D eigenvalue weighted by Crippen LogP contribution is -2.62. The molecule has 5 N–H and O–H groups in total. The van der Waals surface area contributed by atoms with Gasteiger partial charge in [0.2, 0.25) is 0 Å². The van der Waals surface area contributed by atoms with E-state index >= 15 is 0 Å². The molecule has 4 aliphatic rings. The van der Waals surface area contributed by atoms with Gasteiger partial charge in [-0.15, -0.1) is 0 Å². The maximum absolute atomic E-state index is 13.4. The number of aliphatic hydroxyl groups excluding tert-OH is 3. The molecule has 5 rings (SSSR count). The number of carbonyl (C=O) groups is 2. The maximum atomic E-state index is 13.4. The SMILES string of the molecule is CC(C)(CCC(O)C(C)(O)C1CCC2(O)C3=CC(=O)C4CC(O)C(O)CC4(C)C3CCC12C)OC(=O)C=Cc1ccccc1. The van der Waals surface area contributed by atoms with Gasteiger partial charge >= 0.3 is 5.97 Å². The zero-order valence-corrected chi connectivity index (χ0v) is 26.7. The van der Waals surface area contributed by atoms with Crippen molar-refractivity contribution in [2.75, 3.05) is 0 Å². The lowest BCUT2D eigenvalue weighted by Gasteiger charge is -2.60. The van der Waals surface area contributed by atoms with Crippen molar-refractivity contribution in [2.24, 2.45) is 28.6 Å². The van der Waals surface area contributed by atoms with E-state index < -0.39 is 63.8 Å². The summed E-state index contributed by atoms with van der Waals surface area (Å²) in [5, 5.41) is 56.6. The number of hydrogen-bond acceptors (Lipinski definition) is 8. The molecule has 3 fully saturated rings. The van der Waals surface area contributed by atoms with E-state index in [2.05, 4.69) is 0 Å². The number of esters is 1. The highest BCUT2D eigenvalue weighted by atomic mass is 16.6. The fraction of sp³-hybridized carbons (Fsp3) is 0.667. The van der Waals surface area contributed by atoms with Gasteiger partial charge in [0.15, 0.2) is 5.78 Å². The fourth-order valence-electron chi connectivity index (χ4n) is 9.40. The monoisotopic (exact) mass is 610 g/mol. The highest BCUT2D eigenvalue weighted by molar-refractivity contribution is 5.95. The third-order valence-corrected chi connectivity index (χ3v) is 12.1. The Hall–Kier alpha value is -2.36. The second kappa shape index (κ2) is 11.5. The maximum Gasteiger partial charge on any atom is 0.331 e. The molecule has 242 valence electrons. The summed E-state index contributed by atoms with van der Waals surface area (Å²) in [6, 6.07) is 9.43. The molecule has 0 aliphatic heterocycles. The topological polar surface area (TPSA) is 145 Å². The van der Waals surface area contributed by atoms with Crippen LogP contribution < -0.4 is 0 Å². The minimum absolute atomic E-state index is 0.118. The number of rotatable bonds is 8. The number of hydrogen-bond donors (Lipinski definition) is 5. The first-order chi connectivity index (χ1) is 20.4. The molecule has 10 unspecified atom stereocenters. The van der Waals surface area contributed by atoms with Crippen molar-refractivity contribution in [2.45, 2.75) is 121 Å². The summed E-state index contributed by atoms with van der Waals surface area (Å²) < 4.78 is 5.67. The Morgan fingerprint density at radius 2 is 1.75 bits per heavy atom. The second-order valence-electron chi connectivity index (χ2n) is 15.3. The molecular formula is C36H50O8. The molecule has 10 atom stereocenters. The number of carbonyl (C=O) groups excluding carboxylic acids is 2. The largest absolute Gasteiger partial charge is 0.457 e. The Labute approximate surface area is 260 Å². The molecule has 44 heavy (non-hydrogen) atoms. The summed E-state index contributed by atoms with van der Waals surface area (Å²) in [5.41, 5.74) is -3.57. The first-order valence-corrected chi connectivity index (χ1v) is 16.2. The first-order valence-electron chi connectivity index (χ1n) is 16.2. The molecule has 0 heterocycles. The van der Waals surface area contributed by atoms with E-state index in [1.165, 1.54) is 6.08 Å². The summed E-state index contributed by atoms with van der Waals surface area (Å²) >= 11 is 0. The summed E-state index contributed by atoms with van der Waals surface area (Å²) in [6.07, 6.45) is 4.77. The molecule has 0 radical (unpaired) electrons. The van der Waals surface area contributed by atoms with E-state index in [0.717, 1.165) is 5.56 Å². The van der Waals surface area contributed by atoms with Crippen LogP contribution in [0.5, 0.6) is 0 Å². The first kappa shape index (κ1) is 33.0. The highest BCUT2D eigenvalue weighted by Gasteiger charge is 2.69. The minimum atomic E-state index is -1.55. The Balaban J connectivity index is 1.29. The molecule has 0 aromatic heterocycles. The van der Waals surface area contributed by atoms with E-state index in [1.807, 2.05) is 44.2 Å². The molecule has 8 nitrogen and oxygen atoms in total. The average molecular weight is 611 g/mol. The molecule has 0 amide bonds. The summed E-state index contributed by atoms with van der Waals surface area (Å²) in [6.45, 7) is 9.16. The minimum Gasteiger partial charge on any atom is -0.457 e. The van der Waals surface area contributed by atoms with Crippen molar-refractivity contribution >= 4 is 17.8 Å². The van der Waals surface area contributed by atoms with Crippen LogP contribution in [0.2, 0.25) is 0 Å². The number of ketones is 1. The Bertz CT molecular complexity index is 1320. The van der Waals surface area contributed by atoms with Crippen molar-refractivity contribution in [3.05, 3.63) is 53.6 Å². The van der Waals surface area contributed by atoms with Crippen LogP contribution >= 0.6 is 0 Å². The van der Waals surface area contributed by atoms with Crippen LogP contribution in [0.3, 0.4) is 0 Å². The van der Waals surface area contributed by atoms with Gasteiger partial charge < -0.3 is 30.3 Å². The zero-order valence-electron chi connectivity index (χ0n) is 26.7. The van der Waals surface area contributed by atoms with Crippen molar-refractivity contribution in [3.8, 4) is 0 Å². The number of ether oxygens (including phenoxy) is 1. The third kappa shape index (κ3) is 5.51. The molecule has 0 saturated heterocycles. The third-order valence-electron chi connectivity index (χ3n) is 12.1. The fourth-order valence-corrected chi connectivity index (χ4v) is 9.40. The van der Waals surface area contributed by atoms with Crippen molar-refractivity contribution < 1.29 is 39.9 Å². The molecule has 1 aromatic rings.